The van der Waals surface area contributed by atoms with Gasteiger partial charge in [0, 0.05) is 17.5 Å². The van der Waals surface area contributed by atoms with E-state index in [1.54, 1.807) is 0 Å². The summed E-state index contributed by atoms with van der Waals surface area (Å²) in [5.74, 6) is 0.271. The largest absolute Gasteiger partial charge is 0.409 e. The minimum Gasteiger partial charge on any atom is -0.409 e. The first kappa shape index (κ1) is 15.4. The quantitative estimate of drug-likeness (QED) is 0.345. The first-order valence-corrected chi connectivity index (χ1v) is 7.40. The van der Waals surface area contributed by atoms with E-state index in [1.165, 1.54) is 6.42 Å². The molecule has 1 aromatic rings. The Morgan fingerprint density at radius 3 is 2.48 bits per heavy atom. The summed E-state index contributed by atoms with van der Waals surface area (Å²) in [4.78, 5) is 12.4. The molecule has 5 heteroatoms. The van der Waals surface area contributed by atoms with E-state index >= 15 is 0 Å². The molecule has 0 saturated heterocycles. The third-order valence-corrected chi connectivity index (χ3v) is 4.23. The van der Waals surface area contributed by atoms with Gasteiger partial charge in [0.25, 0.3) is 0 Å². The van der Waals surface area contributed by atoms with Crippen LogP contribution in [0.4, 0.5) is 5.69 Å². The van der Waals surface area contributed by atoms with Crippen LogP contribution in [0.15, 0.2) is 29.4 Å². The number of benzene rings is 1. The summed E-state index contributed by atoms with van der Waals surface area (Å²) in [5.41, 5.74) is 6.95. The second-order valence-electron chi connectivity index (χ2n) is 6.04. The van der Waals surface area contributed by atoms with Crippen LogP contribution in [0.25, 0.3) is 0 Å². The van der Waals surface area contributed by atoms with Crippen molar-refractivity contribution < 1.29 is 10.0 Å². The molecule has 2 rings (SSSR count). The van der Waals surface area contributed by atoms with Gasteiger partial charge in [-0.2, -0.15) is 0 Å². The van der Waals surface area contributed by atoms with Crippen LogP contribution in [0.3, 0.4) is 0 Å². The molecule has 0 bridgehead atoms. The van der Waals surface area contributed by atoms with Gasteiger partial charge in [-0.3, -0.25) is 4.79 Å². The summed E-state index contributed by atoms with van der Waals surface area (Å²) in [6.07, 6.45) is 5.79. The number of anilines is 1. The van der Waals surface area contributed by atoms with Gasteiger partial charge in [0.15, 0.2) is 0 Å². The van der Waals surface area contributed by atoms with Gasteiger partial charge < -0.3 is 16.3 Å². The van der Waals surface area contributed by atoms with Gasteiger partial charge in [-0.15, -0.1) is 0 Å². The number of amides is 1. The normalized spacial score (nSPS) is 18.2. The van der Waals surface area contributed by atoms with Crippen LogP contribution in [0.1, 0.15) is 44.6 Å². The van der Waals surface area contributed by atoms with Gasteiger partial charge >= 0.3 is 0 Å². The Morgan fingerprint density at radius 2 is 1.90 bits per heavy atom. The minimum absolute atomic E-state index is 0.103. The van der Waals surface area contributed by atoms with E-state index in [1.807, 2.05) is 31.2 Å². The van der Waals surface area contributed by atoms with Crippen molar-refractivity contribution in [3.8, 4) is 0 Å². The Bertz CT molecular complexity index is 517. The second kappa shape index (κ2) is 6.61. The molecule has 0 radical (unpaired) electrons. The standard InChI is InChI=1S/C16H23N3O2/c1-16(9-3-2-4-10-16)15(20)18-13-7-5-12(6-8-13)11-14(17)19-21/h5-8,21H,2-4,9-11H2,1H3,(H2,17,19)(H,18,20). The topological polar surface area (TPSA) is 87.7 Å². The number of nitrogens with two attached hydrogens (primary N) is 1. The molecule has 0 aliphatic heterocycles. The molecule has 1 fully saturated rings. The molecule has 1 saturated carbocycles. The number of hydrogen-bond donors (Lipinski definition) is 3. The highest BCUT2D eigenvalue weighted by Crippen LogP contribution is 2.36. The highest BCUT2D eigenvalue weighted by atomic mass is 16.4. The molecule has 1 aliphatic rings. The molecule has 1 amide bonds. The van der Waals surface area contributed by atoms with Crippen molar-refractivity contribution >= 4 is 17.4 Å². The fraction of sp³-hybridized carbons (Fsp3) is 0.500. The molecule has 0 atom stereocenters. The van der Waals surface area contributed by atoms with Gasteiger partial charge in [-0.05, 0) is 30.5 Å². The van der Waals surface area contributed by atoms with E-state index in [0.29, 0.717) is 6.42 Å². The third kappa shape index (κ3) is 3.97. The summed E-state index contributed by atoms with van der Waals surface area (Å²) in [6, 6.07) is 7.45. The lowest BCUT2D eigenvalue weighted by Crippen LogP contribution is -2.35. The highest BCUT2D eigenvalue weighted by Gasteiger charge is 2.34. The number of amidine groups is 1. The zero-order chi connectivity index (χ0) is 15.3. The maximum absolute atomic E-state index is 12.4. The van der Waals surface area contributed by atoms with Crippen LogP contribution in [0.5, 0.6) is 0 Å². The lowest BCUT2D eigenvalue weighted by Gasteiger charge is -2.32. The lowest BCUT2D eigenvalue weighted by atomic mass is 9.75. The number of carbonyl (C=O) groups is 1. The third-order valence-electron chi connectivity index (χ3n) is 4.23. The average Bonchev–Trinajstić information content (AvgIpc) is 2.50. The van der Waals surface area contributed by atoms with Gasteiger partial charge in [-0.25, -0.2) is 0 Å². The maximum Gasteiger partial charge on any atom is 0.230 e. The zero-order valence-electron chi connectivity index (χ0n) is 12.4. The SMILES string of the molecule is CC1(C(=O)Nc2ccc(C/C(N)=N/O)cc2)CCCCC1. The van der Waals surface area contributed by atoms with Crippen molar-refractivity contribution in [3.63, 3.8) is 0 Å². The van der Waals surface area contributed by atoms with Crippen LogP contribution in [-0.2, 0) is 11.2 Å². The molecule has 0 unspecified atom stereocenters. The monoisotopic (exact) mass is 289 g/mol. The number of nitrogens with one attached hydrogen (secondary N) is 1. The summed E-state index contributed by atoms with van der Waals surface area (Å²) in [6.45, 7) is 2.05. The summed E-state index contributed by atoms with van der Waals surface area (Å²) < 4.78 is 0. The zero-order valence-corrected chi connectivity index (χ0v) is 12.4. The molecule has 21 heavy (non-hydrogen) atoms. The number of nitrogens with zero attached hydrogens (tertiary/aromatic N) is 1. The van der Waals surface area contributed by atoms with Gasteiger partial charge in [0.2, 0.25) is 5.91 Å². The Labute approximate surface area is 125 Å². The Kier molecular flexibility index (Phi) is 4.83. The number of hydrogen-bond acceptors (Lipinski definition) is 3. The van der Waals surface area contributed by atoms with E-state index in [9.17, 15) is 4.79 Å². The van der Waals surface area contributed by atoms with Crippen LogP contribution >= 0.6 is 0 Å². The van der Waals surface area contributed by atoms with Gasteiger partial charge in [0.1, 0.15) is 5.84 Å². The first-order chi connectivity index (χ1) is 10.0. The van der Waals surface area contributed by atoms with Crippen molar-refractivity contribution in [2.24, 2.45) is 16.3 Å². The van der Waals surface area contributed by atoms with Crippen molar-refractivity contribution in [2.75, 3.05) is 5.32 Å². The Balaban J connectivity index is 1.98. The van der Waals surface area contributed by atoms with Gasteiger partial charge in [-0.1, -0.05) is 43.5 Å². The predicted octanol–water partition coefficient (Wildman–Crippen LogP) is 2.88. The Morgan fingerprint density at radius 1 is 1.29 bits per heavy atom. The van der Waals surface area contributed by atoms with Gasteiger partial charge in [0.05, 0.1) is 0 Å². The summed E-state index contributed by atoms with van der Waals surface area (Å²) >= 11 is 0. The van der Waals surface area contributed by atoms with E-state index in [2.05, 4.69) is 10.5 Å². The highest BCUT2D eigenvalue weighted by molar-refractivity contribution is 5.95. The molecule has 1 aromatic carbocycles. The molecule has 0 aromatic heterocycles. The van der Waals surface area contributed by atoms with Crippen LogP contribution in [0.2, 0.25) is 0 Å². The number of oxime groups is 1. The first-order valence-electron chi connectivity index (χ1n) is 7.40. The van der Waals surface area contributed by atoms with E-state index < -0.39 is 0 Å². The summed E-state index contributed by atoms with van der Waals surface area (Å²) in [7, 11) is 0. The molecular weight excluding hydrogens is 266 g/mol. The smallest absolute Gasteiger partial charge is 0.230 e. The second-order valence-corrected chi connectivity index (χ2v) is 6.04. The number of carbonyl (C=O) groups excluding carboxylic acids is 1. The molecule has 0 heterocycles. The molecule has 1 aliphatic carbocycles. The fourth-order valence-electron chi connectivity index (χ4n) is 2.79. The van der Waals surface area contributed by atoms with Crippen LogP contribution in [0, 0.1) is 5.41 Å². The minimum atomic E-state index is -0.245. The molecule has 0 spiro atoms. The molecule has 5 nitrogen and oxygen atoms in total. The fourth-order valence-corrected chi connectivity index (χ4v) is 2.79. The van der Waals surface area contributed by atoms with E-state index in [-0.39, 0.29) is 17.2 Å². The summed E-state index contributed by atoms with van der Waals surface area (Å²) in [5, 5.41) is 14.5. The van der Waals surface area contributed by atoms with Crippen molar-refractivity contribution in [2.45, 2.75) is 45.4 Å². The average molecular weight is 289 g/mol. The number of rotatable bonds is 4. The molecule has 4 N–H and O–H groups in total. The Hall–Kier alpha value is -2.04. The maximum atomic E-state index is 12.4. The predicted molar refractivity (Wildman–Crippen MR) is 83.4 cm³/mol. The van der Waals surface area contributed by atoms with Crippen molar-refractivity contribution in [3.05, 3.63) is 29.8 Å². The van der Waals surface area contributed by atoms with Crippen LogP contribution < -0.4 is 11.1 Å². The van der Waals surface area contributed by atoms with Crippen molar-refractivity contribution in [1.29, 1.82) is 0 Å². The molecular formula is C16H23N3O2. The van der Waals surface area contributed by atoms with Crippen LogP contribution in [-0.4, -0.2) is 17.0 Å². The van der Waals surface area contributed by atoms with E-state index in [4.69, 9.17) is 10.9 Å². The van der Waals surface area contributed by atoms with Crippen molar-refractivity contribution in [1.82, 2.24) is 0 Å². The lowest BCUT2D eigenvalue weighted by molar-refractivity contribution is -0.126. The molecule has 114 valence electrons. The van der Waals surface area contributed by atoms with E-state index in [0.717, 1.165) is 36.9 Å².